The van der Waals surface area contributed by atoms with Crippen molar-refractivity contribution in [1.29, 1.82) is 5.41 Å². The van der Waals surface area contributed by atoms with Crippen molar-refractivity contribution in [2.24, 2.45) is 4.99 Å². The molecule has 0 aliphatic rings. The molecule has 2 unspecified atom stereocenters. The monoisotopic (exact) mass is 533 g/mol. The topological polar surface area (TPSA) is 155 Å². The molecule has 3 amide bonds. The number of benzene rings is 1. The average Bonchev–Trinajstić information content (AvgIpc) is 3.35. The van der Waals surface area contributed by atoms with Gasteiger partial charge in [-0.25, -0.2) is 19.0 Å². The lowest BCUT2D eigenvalue weighted by Gasteiger charge is -2.18. The summed E-state index contributed by atoms with van der Waals surface area (Å²) in [6.07, 6.45) is 3.68. The standard InChI is InChI=1S/C23H22ClF2N7O4/c1-11(30-23(35)32-31-22(34)18-7-19(36-3)33-37-18)21-17(26)4-12(10-29-21)15-5-14(24)6-16(25)20(15)13(8-27)9-28-2/h4-11,13,27H,1-3H3,(H,31,34)(H2,30,32,35). The number of hydrazine groups is 1. The minimum Gasteiger partial charge on any atom is -0.479 e. The first kappa shape index (κ1) is 27.2. The average molecular weight is 534 g/mol. The van der Waals surface area contributed by atoms with Gasteiger partial charge < -0.3 is 20.0 Å². The highest BCUT2D eigenvalue weighted by atomic mass is 35.5. The SMILES string of the molecule is CN=CC(C=N)c1c(F)cc(Cl)cc1-c1cnc(C(C)NC(=O)NNC(=O)c2cc(OC)no2)c(F)c1. The van der Waals surface area contributed by atoms with Gasteiger partial charge in [-0.05, 0) is 35.8 Å². The number of hydrogen-bond acceptors (Lipinski definition) is 8. The number of ether oxygens (including phenoxy) is 1. The number of aliphatic imine (C=N–C) groups is 1. The smallest absolute Gasteiger partial charge is 0.334 e. The first-order valence-electron chi connectivity index (χ1n) is 10.6. The van der Waals surface area contributed by atoms with Crippen molar-refractivity contribution < 1.29 is 27.6 Å². The molecule has 0 spiro atoms. The Hall–Kier alpha value is -4.39. The van der Waals surface area contributed by atoms with Crippen LogP contribution in [-0.2, 0) is 0 Å². The molecule has 0 bridgehead atoms. The van der Waals surface area contributed by atoms with Crippen LogP contribution >= 0.6 is 11.6 Å². The quantitative estimate of drug-likeness (QED) is 0.255. The number of nitrogens with one attached hydrogen (secondary N) is 4. The summed E-state index contributed by atoms with van der Waals surface area (Å²) >= 11 is 6.03. The third kappa shape index (κ3) is 6.44. The summed E-state index contributed by atoms with van der Waals surface area (Å²) < 4.78 is 39.4. The second kappa shape index (κ2) is 12.0. The number of methoxy groups -OCH3 is 1. The number of urea groups is 1. The number of amides is 3. The van der Waals surface area contributed by atoms with Gasteiger partial charge in [0, 0.05) is 41.8 Å². The maximum atomic E-state index is 15.0. The zero-order valence-corrected chi connectivity index (χ0v) is 20.6. The molecule has 37 heavy (non-hydrogen) atoms. The second-order valence-corrected chi connectivity index (χ2v) is 7.98. The number of pyridine rings is 1. The van der Waals surface area contributed by atoms with Crippen LogP contribution in [0.3, 0.4) is 0 Å². The van der Waals surface area contributed by atoms with Gasteiger partial charge in [0.2, 0.25) is 5.76 Å². The van der Waals surface area contributed by atoms with Crippen LogP contribution in [-0.4, -0.2) is 48.7 Å². The second-order valence-electron chi connectivity index (χ2n) is 7.55. The molecule has 2 heterocycles. The van der Waals surface area contributed by atoms with E-state index in [-0.39, 0.29) is 39.0 Å². The Morgan fingerprint density at radius 1 is 1.22 bits per heavy atom. The van der Waals surface area contributed by atoms with E-state index in [1.165, 1.54) is 45.6 Å². The van der Waals surface area contributed by atoms with Crippen molar-refractivity contribution in [1.82, 2.24) is 26.3 Å². The Labute approximate surface area is 214 Å². The van der Waals surface area contributed by atoms with Gasteiger partial charge in [0.25, 0.3) is 5.88 Å². The Balaban J connectivity index is 1.75. The van der Waals surface area contributed by atoms with E-state index in [4.69, 9.17) is 26.3 Å². The minimum atomic E-state index is -0.923. The van der Waals surface area contributed by atoms with Gasteiger partial charge in [0.15, 0.2) is 0 Å². The molecule has 0 radical (unpaired) electrons. The fraction of sp³-hybridized carbons (Fsp3) is 0.217. The fourth-order valence-corrected chi connectivity index (χ4v) is 3.58. The summed E-state index contributed by atoms with van der Waals surface area (Å²) in [5.41, 5.74) is 4.61. The largest absolute Gasteiger partial charge is 0.479 e. The lowest BCUT2D eigenvalue weighted by Crippen LogP contribution is -2.47. The van der Waals surface area contributed by atoms with E-state index in [9.17, 15) is 14.0 Å². The van der Waals surface area contributed by atoms with Crippen molar-refractivity contribution in [3.8, 4) is 17.0 Å². The third-order valence-corrected chi connectivity index (χ3v) is 5.28. The highest BCUT2D eigenvalue weighted by Crippen LogP contribution is 2.34. The molecule has 0 aliphatic carbocycles. The molecule has 3 rings (SSSR count). The summed E-state index contributed by atoms with van der Waals surface area (Å²) in [5, 5.41) is 13.6. The number of nitrogens with zero attached hydrogens (tertiary/aromatic N) is 3. The molecular weight excluding hydrogens is 512 g/mol. The molecule has 194 valence electrons. The molecule has 11 nitrogen and oxygen atoms in total. The number of halogens is 3. The van der Waals surface area contributed by atoms with E-state index in [2.05, 4.69) is 31.3 Å². The zero-order valence-electron chi connectivity index (χ0n) is 19.8. The molecule has 0 aliphatic heterocycles. The number of aromatic nitrogens is 2. The number of carbonyl (C=O) groups is 2. The van der Waals surface area contributed by atoms with Crippen molar-refractivity contribution in [2.75, 3.05) is 14.2 Å². The molecule has 14 heteroatoms. The van der Waals surface area contributed by atoms with Gasteiger partial charge in [-0.1, -0.05) is 11.6 Å². The normalized spacial score (nSPS) is 12.6. The first-order chi connectivity index (χ1) is 17.7. The number of rotatable bonds is 8. The van der Waals surface area contributed by atoms with Crippen LogP contribution in [0.15, 0.2) is 40.0 Å². The van der Waals surface area contributed by atoms with Gasteiger partial charge in [0.05, 0.1) is 30.8 Å². The molecule has 0 saturated carbocycles. The fourth-order valence-electron chi connectivity index (χ4n) is 3.38. The Bertz CT molecular complexity index is 1350. The predicted octanol–water partition coefficient (Wildman–Crippen LogP) is 3.82. The van der Waals surface area contributed by atoms with E-state index in [0.717, 1.165) is 18.3 Å². The maximum absolute atomic E-state index is 15.0. The molecule has 1 aromatic carbocycles. The molecule has 4 N–H and O–H groups in total. The summed E-state index contributed by atoms with van der Waals surface area (Å²) in [7, 11) is 2.83. The van der Waals surface area contributed by atoms with Crippen molar-refractivity contribution in [3.63, 3.8) is 0 Å². The van der Waals surface area contributed by atoms with Crippen LogP contribution in [0.5, 0.6) is 5.88 Å². The summed E-state index contributed by atoms with van der Waals surface area (Å²) in [6.45, 7) is 1.47. The van der Waals surface area contributed by atoms with Crippen LogP contribution in [0.1, 0.15) is 40.7 Å². The Morgan fingerprint density at radius 3 is 2.59 bits per heavy atom. The van der Waals surface area contributed by atoms with Crippen LogP contribution in [0.4, 0.5) is 13.6 Å². The Morgan fingerprint density at radius 2 is 1.97 bits per heavy atom. The predicted molar refractivity (Wildman–Crippen MR) is 131 cm³/mol. The zero-order chi connectivity index (χ0) is 27.1. The van der Waals surface area contributed by atoms with Gasteiger partial charge in [-0.2, -0.15) is 0 Å². The van der Waals surface area contributed by atoms with Crippen LogP contribution in [0, 0.1) is 17.0 Å². The highest BCUT2D eigenvalue weighted by Gasteiger charge is 2.22. The van der Waals surface area contributed by atoms with Crippen molar-refractivity contribution in [3.05, 3.63) is 64.1 Å². The van der Waals surface area contributed by atoms with Crippen molar-refractivity contribution >= 4 is 36.0 Å². The van der Waals surface area contributed by atoms with E-state index in [1.807, 2.05) is 0 Å². The van der Waals surface area contributed by atoms with Crippen LogP contribution in [0.25, 0.3) is 11.1 Å². The molecule has 2 atom stereocenters. The van der Waals surface area contributed by atoms with Crippen LogP contribution < -0.4 is 20.9 Å². The highest BCUT2D eigenvalue weighted by molar-refractivity contribution is 6.31. The van der Waals surface area contributed by atoms with E-state index in [1.54, 1.807) is 0 Å². The van der Waals surface area contributed by atoms with E-state index < -0.39 is 35.5 Å². The number of hydrogen-bond donors (Lipinski definition) is 4. The molecule has 0 saturated heterocycles. The first-order valence-corrected chi connectivity index (χ1v) is 11.0. The minimum absolute atomic E-state index is 0.0766. The molecule has 0 fully saturated rings. The van der Waals surface area contributed by atoms with E-state index in [0.29, 0.717) is 0 Å². The summed E-state index contributed by atoms with van der Waals surface area (Å²) in [4.78, 5) is 32.1. The van der Waals surface area contributed by atoms with Crippen molar-refractivity contribution in [2.45, 2.75) is 18.9 Å². The molecule has 3 aromatic rings. The summed E-state index contributed by atoms with van der Waals surface area (Å²) in [5.74, 6) is -3.21. The molecule has 2 aromatic heterocycles. The lowest BCUT2D eigenvalue weighted by atomic mass is 9.91. The maximum Gasteiger partial charge on any atom is 0.334 e. The van der Waals surface area contributed by atoms with E-state index >= 15 is 4.39 Å². The van der Waals surface area contributed by atoms with Gasteiger partial charge in [-0.3, -0.25) is 20.2 Å². The lowest BCUT2D eigenvalue weighted by molar-refractivity contribution is 0.0898. The third-order valence-electron chi connectivity index (χ3n) is 5.07. The summed E-state index contributed by atoms with van der Waals surface area (Å²) in [6, 6.07) is 3.10. The van der Waals surface area contributed by atoms with Crippen LogP contribution in [0.2, 0.25) is 5.02 Å². The Kier molecular flexibility index (Phi) is 8.85. The van der Waals surface area contributed by atoms with Gasteiger partial charge in [-0.15, -0.1) is 0 Å². The van der Waals surface area contributed by atoms with Gasteiger partial charge >= 0.3 is 11.9 Å². The molecular formula is C23H22ClF2N7O4. The van der Waals surface area contributed by atoms with Gasteiger partial charge in [0.1, 0.15) is 11.6 Å². The number of carbonyl (C=O) groups excluding carboxylic acids is 2.